The van der Waals surface area contributed by atoms with Gasteiger partial charge in [0.2, 0.25) is 5.91 Å². The van der Waals surface area contributed by atoms with E-state index in [1.54, 1.807) is 0 Å². The molecule has 0 fully saturated rings. The molecule has 0 spiro atoms. The molecule has 0 saturated heterocycles. The number of nitrogens with one attached hydrogen (secondary N) is 1. The molecule has 0 aromatic carbocycles. The van der Waals surface area contributed by atoms with Crippen molar-refractivity contribution in [2.24, 2.45) is 0 Å². The zero-order chi connectivity index (χ0) is 10.1. The van der Waals surface area contributed by atoms with Crippen molar-refractivity contribution in [1.29, 1.82) is 0 Å². The van der Waals surface area contributed by atoms with Crippen LogP contribution in [-0.4, -0.2) is 12.5 Å². The molecule has 0 aromatic rings. The van der Waals surface area contributed by atoms with Gasteiger partial charge < -0.3 is 5.32 Å². The van der Waals surface area contributed by atoms with Crippen LogP contribution in [0.1, 0.15) is 20.8 Å². The van der Waals surface area contributed by atoms with Gasteiger partial charge in [0, 0.05) is 13.5 Å². The molecule has 0 rings (SSSR count). The van der Waals surface area contributed by atoms with Crippen molar-refractivity contribution in [3.63, 3.8) is 0 Å². The average Bonchev–Trinajstić information content (AvgIpc) is 2.10. The van der Waals surface area contributed by atoms with E-state index in [0.29, 0.717) is 6.54 Å². The number of amides is 1. The smallest absolute Gasteiger partial charge is 0.217 e. The van der Waals surface area contributed by atoms with Gasteiger partial charge in [-0.1, -0.05) is 30.4 Å². The summed E-state index contributed by atoms with van der Waals surface area (Å²) in [6, 6.07) is 0. The van der Waals surface area contributed by atoms with Gasteiger partial charge in [0.05, 0.1) is 0 Å². The molecule has 13 heavy (non-hydrogen) atoms. The van der Waals surface area contributed by atoms with Gasteiger partial charge in [0.1, 0.15) is 0 Å². The fraction of sp³-hybridized carbons (Fsp3) is 0.364. The van der Waals surface area contributed by atoms with Gasteiger partial charge in [0.15, 0.2) is 0 Å². The predicted molar refractivity (Wildman–Crippen MR) is 56.4 cm³/mol. The van der Waals surface area contributed by atoms with Crippen LogP contribution in [0.25, 0.3) is 0 Å². The van der Waals surface area contributed by atoms with E-state index in [4.69, 9.17) is 0 Å². The third-order valence-corrected chi connectivity index (χ3v) is 1.53. The standard InChI is InChI=1S/C11H17NO/c1-4-6-7-8-11(5-2)9-12-10(3)13/h4-8H,9H2,1-3H3,(H,12,13)/b6-4-,8-7-,11-5-. The van der Waals surface area contributed by atoms with Crippen molar-refractivity contribution in [3.8, 4) is 0 Å². The van der Waals surface area contributed by atoms with Crippen molar-refractivity contribution >= 4 is 5.91 Å². The molecule has 0 saturated carbocycles. The van der Waals surface area contributed by atoms with Crippen LogP contribution < -0.4 is 5.32 Å². The molecule has 2 nitrogen and oxygen atoms in total. The van der Waals surface area contributed by atoms with E-state index in [2.05, 4.69) is 5.32 Å². The lowest BCUT2D eigenvalue weighted by molar-refractivity contribution is -0.118. The lowest BCUT2D eigenvalue weighted by Gasteiger charge is -2.01. The maximum atomic E-state index is 10.6. The van der Waals surface area contributed by atoms with Crippen LogP contribution in [0.4, 0.5) is 0 Å². The van der Waals surface area contributed by atoms with Gasteiger partial charge in [-0.3, -0.25) is 4.79 Å². The molecular weight excluding hydrogens is 162 g/mol. The molecule has 0 bridgehead atoms. The number of hydrogen-bond donors (Lipinski definition) is 1. The van der Waals surface area contributed by atoms with E-state index < -0.39 is 0 Å². The first-order chi connectivity index (χ1) is 6.20. The van der Waals surface area contributed by atoms with E-state index in [9.17, 15) is 4.79 Å². The number of carbonyl (C=O) groups is 1. The Hall–Kier alpha value is -1.31. The van der Waals surface area contributed by atoms with Gasteiger partial charge in [-0.15, -0.1) is 0 Å². The Morgan fingerprint density at radius 3 is 2.46 bits per heavy atom. The first-order valence-corrected chi connectivity index (χ1v) is 4.39. The normalized spacial score (nSPS) is 12.7. The van der Waals surface area contributed by atoms with Crippen LogP contribution in [0.5, 0.6) is 0 Å². The van der Waals surface area contributed by atoms with Crippen molar-refractivity contribution in [2.45, 2.75) is 20.8 Å². The fourth-order valence-electron chi connectivity index (χ4n) is 0.774. The number of rotatable bonds is 4. The highest BCUT2D eigenvalue weighted by Gasteiger charge is 1.91. The molecule has 0 aromatic heterocycles. The van der Waals surface area contributed by atoms with Crippen LogP contribution in [0.3, 0.4) is 0 Å². The summed E-state index contributed by atoms with van der Waals surface area (Å²) < 4.78 is 0. The first-order valence-electron chi connectivity index (χ1n) is 4.39. The van der Waals surface area contributed by atoms with E-state index in [1.807, 2.05) is 44.2 Å². The summed E-state index contributed by atoms with van der Waals surface area (Å²) in [5.41, 5.74) is 1.10. The minimum Gasteiger partial charge on any atom is -0.352 e. The van der Waals surface area contributed by atoms with E-state index in [1.165, 1.54) is 6.92 Å². The predicted octanol–water partition coefficient (Wildman–Crippen LogP) is 2.20. The SMILES string of the molecule is C\C=C/C=C\C(=C\C)CNC(C)=O. The molecule has 0 atom stereocenters. The van der Waals surface area contributed by atoms with Crippen LogP contribution >= 0.6 is 0 Å². The van der Waals surface area contributed by atoms with E-state index in [-0.39, 0.29) is 5.91 Å². The maximum Gasteiger partial charge on any atom is 0.217 e. The van der Waals surface area contributed by atoms with E-state index >= 15 is 0 Å². The van der Waals surface area contributed by atoms with Crippen molar-refractivity contribution in [3.05, 3.63) is 36.0 Å². The molecule has 1 N–H and O–H groups in total. The zero-order valence-electron chi connectivity index (χ0n) is 8.50. The van der Waals surface area contributed by atoms with Crippen LogP contribution in [0, 0.1) is 0 Å². The lowest BCUT2D eigenvalue weighted by atomic mass is 10.2. The summed E-state index contributed by atoms with van der Waals surface area (Å²) in [6.45, 7) is 6.04. The average molecular weight is 179 g/mol. The summed E-state index contributed by atoms with van der Waals surface area (Å²) in [5, 5.41) is 2.74. The van der Waals surface area contributed by atoms with Gasteiger partial charge in [0.25, 0.3) is 0 Å². The molecule has 0 aliphatic rings. The molecule has 72 valence electrons. The molecule has 0 radical (unpaired) electrons. The summed E-state index contributed by atoms with van der Waals surface area (Å²) in [7, 11) is 0. The van der Waals surface area contributed by atoms with Crippen LogP contribution in [-0.2, 0) is 4.79 Å². The maximum absolute atomic E-state index is 10.6. The number of allylic oxidation sites excluding steroid dienone is 4. The quantitative estimate of drug-likeness (QED) is 0.659. The minimum atomic E-state index is -0.00113. The van der Waals surface area contributed by atoms with Crippen LogP contribution in [0.2, 0.25) is 0 Å². The monoisotopic (exact) mass is 179 g/mol. The Bertz CT molecular complexity index is 236. The number of carbonyl (C=O) groups excluding carboxylic acids is 1. The second-order valence-electron chi connectivity index (χ2n) is 2.66. The molecule has 0 aliphatic carbocycles. The van der Waals surface area contributed by atoms with Crippen molar-refractivity contribution < 1.29 is 4.79 Å². The van der Waals surface area contributed by atoms with Gasteiger partial charge in [-0.2, -0.15) is 0 Å². The third-order valence-electron chi connectivity index (χ3n) is 1.53. The van der Waals surface area contributed by atoms with Crippen molar-refractivity contribution in [2.75, 3.05) is 6.54 Å². The highest BCUT2D eigenvalue weighted by atomic mass is 16.1. The molecule has 1 amide bonds. The third kappa shape index (κ3) is 7.06. The molecule has 2 heteroatoms. The van der Waals surface area contributed by atoms with Gasteiger partial charge >= 0.3 is 0 Å². The largest absolute Gasteiger partial charge is 0.352 e. The number of hydrogen-bond acceptors (Lipinski definition) is 1. The Balaban J connectivity index is 3.98. The summed E-state index contributed by atoms with van der Waals surface area (Å²) in [4.78, 5) is 10.6. The first kappa shape index (κ1) is 11.7. The van der Waals surface area contributed by atoms with Crippen LogP contribution in [0.15, 0.2) is 36.0 Å². The second kappa shape index (κ2) is 7.35. The fourth-order valence-corrected chi connectivity index (χ4v) is 0.774. The summed E-state index contributed by atoms with van der Waals surface area (Å²) in [6.07, 6.45) is 9.84. The van der Waals surface area contributed by atoms with Gasteiger partial charge in [-0.05, 0) is 19.4 Å². The molecule has 0 unspecified atom stereocenters. The van der Waals surface area contributed by atoms with Crippen molar-refractivity contribution in [1.82, 2.24) is 5.32 Å². The summed E-state index contributed by atoms with van der Waals surface area (Å²) in [5.74, 6) is -0.00113. The highest BCUT2D eigenvalue weighted by molar-refractivity contribution is 5.73. The minimum absolute atomic E-state index is 0.00113. The van der Waals surface area contributed by atoms with E-state index in [0.717, 1.165) is 5.57 Å². The Morgan fingerprint density at radius 2 is 2.00 bits per heavy atom. The zero-order valence-corrected chi connectivity index (χ0v) is 8.50. The molecule has 0 heterocycles. The Labute approximate surface area is 80.0 Å². The molecule has 0 aliphatic heterocycles. The van der Waals surface area contributed by atoms with Gasteiger partial charge in [-0.25, -0.2) is 0 Å². The second-order valence-corrected chi connectivity index (χ2v) is 2.66. The molecular formula is C11H17NO. The summed E-state index contributed by atoms with van der Waals surface area (Å²) >= 11 is 0. The Morgan fingerprint density at radius 1 is 1.31 bits per heavy atom. The lowest BCUT2D eigenvalue weighted by Crippen LogP contribution is -2.21. The topological polar surface area (TPSA) is 29.1 Å². The highest BCUT2D eigenvalue weighted by Crippen LogP contribution is 1.95. The Kier molecular flexibility index (Phi) is 6.60.